The average Bonchev–Trinajstić information content (AvgIpc) is 2.33. The zero-order chi connectivity index (χ0) is 14.4. The van der Waals surface area contributed by atoms with Crippen molar-refractivity contribution in [3.05, 3.63) is 29.3 Å². The van der Waals surface area contributed by atoms with Gasteiger partial charge in [0, 0.05) is 31.9 Å². The molecule has 0 aliphatic heterocycles. The van der Waals surface area contributed by atoms with Gasteiger partial charge in [-0.2, -0.15) is 0 Å². The first kappa shape index (κ1) is 16.0. The molecule has 0 saturated carbocycles. The normalized spacial score (nSPS) is 11.4. The van der Waals surface area contributed by atoms with Gasteiger partial charge in [0.05, 0.1) is 0 Å². The predicted molar refractivity (Wildman–Crippen MR) is 86.1 cm³/mol. The van der Waals surface area contributed by atoms with Crippen molar-refractivity contribution in [2.75, 3.05) is 38.1 Å². The van der Waals surface area contributed by atoms with Crippen molar-refractivity contribution in [2.24, 2.45) is 5.92 Å². The molecule has 0 unspecified atom stereocenters. The molecule has 19 heavy (non-hydrogen) atoms. The van der Waals surface area contributed by atoms with Crippen molar-refractivity contribution in [1.82, 2.24) is 4.90 Å². The van der Waals surface area contributed by atoms with Crippen LogP contribution in [0.4, 0.5) is 5.69 Å². The fourth-order valence-electron chi connectivity index (χ4n) is 2.52. The van der Waals surface area contributed by atoms with Gasteiger partial charge in [-0.25, -0.2) is 0 Å². The summed E-state index contributed by atoms with van der Waals surface area (Å²) in [6.45, 7) is 15.6. The van der Waals surface area contributed by atoms with Gasteiger partial charge in [-0.05, 0) is 50.9 Å². The number of nitrogens with zero attached hydrogens (tertiary/aromatic N) is 2. The molecule has 0 saturated heterocycles. The average molecular weight is 262 g/mol. The number of anilines is 1. The zero-order valence-electron chi connectivity index (χ0n) is 13.5. The first-order chi connectivity index (χ1) is 8.93. The minimum atomic E-state index is 0.737. The fraction of sp³-hybridized carbons (Fsp3) is 0.647. The second kappa shape index (κ2) is 7.54. The third-order valence-corrected chi connectivity index (χ3v) is 3.52. The summed E-state index contributed by atoms with van der Waals surface area (Å²) in [7, 11) is 2.22. The summed E-state index contributed by atoms with van der Waals surface area (Å²) >= 11 is 0. The van der Waals surface area contributed by atoms with E-state index in [0.717, 1.165) is 25.6 Å². The first-order valence-corrected chi connectivity index (χ1v) is 7.44. The number of hydrogen-bond donors (Lipinski definition) is 0. The van der Waals surface area contributed by atoms with Gasteiger partial charge in [0.1, 0.15) is 0 Å². The lowest BCUT2D eigenvalue weighted by molar-refractivity contribution is 0.301. The van der Waals surface area contributed by atoms with E-state index in [9.17, 15) is 0 Å². The first-order valence-electron chi connectivity index (χ1n) is 7.44. The minimum absolute atomic E-state index is 0.737. The van der Waals surface area contributed by atoms with Crippen LogP contribution in [0.25, 0.3) is 0 Å². The molecule has 0 aromatic heterocycles. The van der Waals surface area contributed by atoms with Crippen LogP contribution in [0.15, 0.2) is 18.2 Å². The Morgan fingerprint density at radius 2 is 1.79 bits per heavy atom. The second-order valence-corrected chi connectivity index (χ2v) is 6.03. The van der Waals surface area contributed by atoms with Crippen molar-refractivity contribution in [3.8, 4) is 0 Å². The highest BCUT2D eigenvalue weighted by molar-refractivity contribution is 5.54. The van der Waals surface area contributed by atoms with Crippen molar-refractivity contribution in [3.63, 3.8) is 0 Å². The highest BCUT2D eigenvalue weighted by Crippen LogP contribution is 2.21. The predicted octanol–water partition coefficient (Wildman–Crippen LogP) is 3.72. The van der Waals surface area contributed by atoms with Crippen LogP contribution in [-0.4, -0.2) is 38.1 Å². The summed E-state index contributed by atoms with van der Waals surface area (Å²) in [5.74, 6) is 0.737. The molecule has 1 aromatic rings. The van der Waals surface area contributed by atoms with E-state index >= 15 is 0 Å². The summed E-state index contributed by atoms with van der Waals surface area (Å²) in [4.78, 5) is 4.91. The summed E-state index contributed by atoms with van der Waals surface area (Å²) in [5.41, 5.74) is 4.11. The van der Waals surface area contributed by atoms with Gasteiger partial charge >= 0.3 is 0 Å². The largest absolute Gasteiger partial charge is 0.370 e. The zero-order valence-corrected chi connectivity index (χ0v) is 13.5. The molecule has 0 amide bonds. The van der Waals surface area contributed by atoms with Crippen molar-refractivity contribution >= 4 is 5.69 Å². The summed E-state index contributed by atoms with van der Waals surface area (Å²) in [6, 6.07) is 6.73. The van der Waals surface area contributed by atoms with Gasteiger partial charge < -0.3 is 9.80 Å². The fourth-order valence-corrected chi connectivity index (χ4v) is 2.52. The SMILES string of the molecule is CCN(CCN(C)CC(C)C)c1cc(C)ccc1C. The highest BCUT2D eigenvalue weighted by Gasteiger charge is 2.09. The summed E-state index contributed by atoms with van der Waals surface area (Å²) in [6.07, 6.45) is 0. The van der Waals surface area contributed by atoms with Gasteiger partial charge in [-0.15, -0.1) is 0 Å². The topological polar surface area (TPSA) is 6.48 Å². The van der Waals surface area contributed by atoms with E-state index in [4.69, 9.17) is 0 Å². The van der Waals surface area contributed by atoms with Crippen LogP contribution >= 0.6 is 0 Å². The molecule has 0 N–H and O–H groups in total. The standard InChI is InChI=1S/C17H30N2/c1-7-19(11-10-18(6)13-14(2)3)17-12-15(4)8-9-16(17)5/h8-9,12,14H,7,10-11,13H2,1-6H3. The van der Waals surface area contributed by atoms with E-state index in [1.165, 1.54) is 23.4 Å². The van der Waals surface area contributed by atoms with Gasteiger partial charge in [0.25, 0.3) is 0 Å². The molecule has 0 bridgehead atoms. The number of aryl methyl sites for hydroxylation is 2. The third kappa shape index (κ3) is 5.23. The van der Waals surface area contributed by atoms with Crippen LogP contribution in [0.5, 0.6) is 0 Å². The molecule has 2 nitrogen and oxygen atoms in total. The molecule has 108 valence electrons. The van der Waals surface area contributed by atoms with Gasteiger partial charge in [-0.1, -0.05) is 26.0 Å². The van der Waals surface area contributed by atoms with Crippen LogP contribution < -0.4 is 4.90 Å². The van der Waals surface area contributed by atoms with Gasteiger partial charge in [0.2, 0.25) is 0 Å². The van der Waals surface area contributed by atoms with Gasteiger partial charge in [-0.3, -0.25) is 0 Å². The Kier molecular flexibility index (Phi) is 6.36. The Bertz CT molecular complexity index is 385. The van der Waals surface area contributed by atoms with E-state index in [1.54, 1.807) is 0 Å². The molecule has 1 rings (SSSR count). The highest BCUT2D eigenvalue weighted by atomic mass is 15.2. The van der Waals surface area contributed by atoms with E-state index in [1.807, 2.05) is 0 Å². The maximum Gasteiger partial charge on any atom is 0.0398 e. The van der Waals surface area contributed by atoms with Crippen LogP contribution in [0.3, 0.4) is 0 Å². The molecule has 0 heterocycles. The smallest absolute Gasteiger partial charge is 0.0398 e. The lowest BCUT2D eigenvalue weighted by atomic mass is 10.1. The van der Waals surface area contributed by atoms with Crippen LogP contribution in [-0.2, 0) is 0 Å². The molecule has 0 aliphatic carbocycles. The van der Waals surface area contributed by atoms with E-state index in [-0.39, 0.29) is 0 Å². The minimum Gasteiger partial charge on any atom is -0.370 e. The third-order valence-electron chi connectivity index (χ3n) is 3.52. The molecular formula is C17H30N2. The lowest BCUT2D eigenvalue weighted by Crippen LogP contribution is -2.35. The molecule has 0 spiro atoms. The Morgan fingerprint density at radius 1 is 1.11 bits per heavy atom. The number of likely N-dealkylation sites (N-methyl/N-ethyl adjacent to an activating group) is 2. The Hall–Kier alpha value is -1.02. The molecule has 2 heteroatoms. The van der Waals surface area contributed by atoms with Crippen molar-refractivity contribution < 1.29 is 0 Å². The Morgan fingerprint density at radius 3 is 2.37 bits per heavy atom. The maximum atomic E-state index is 2.49. The van der Waals surface area contributed by atoms with Gasteiger partial charge in [0.15, 0.2) is 0 Å². The Balaban J connectivity index is 2.65. The number of rotatable bonds is 7. The molecule has 0 radical (unpaired) electrons. The quantitative estimate of drug-likeness (QED) is 0.739. The second-order valence-electron chi connectivity index (χ2n) is 6.03. The molecule has 0 aliphatic rings. The van der Waals surface area contributed by atoms with Crippen molar-refractivity contribution in [2.45, 2.75) is 34.6 Å². The molecular weight excluding hydrogens is 232 g/mol. The van der Waals surface area contributed by atoms with Crippen LogP contribution in [0.1, 0.15) is 31.9 Å². The van der Waals surface area contributed by atoms with E-state index < -0.39 is 0 Å². The molecule has 1 aromatic carbocycles. The molecule has 0 fully saturated rings. The number of benzene rings is 1. The van der Waals surface area contributed by atoms with E-state index in [2.05, 4.69) is 69.7 Å². The molecule has 0 atom stereocenters. The summed E-state index contributed by atoms with van der Waals surface area (Å²) < 4.78 is 0. The number of hydrogen-bond acceptors (Lipinski definition) is 2. The van der Waals surface area contributed by atoms with Crippen LogP contribution in [0, 0.1) is 19.8 Å². The Labute approximate surface area is 119 Å². The monoisotopic (exact) mass is 262 g/mol. The van der Waals surface area contributed by atoms with Crippen molar-refractivity contribution in [1.29, 1.82) is 0 Å². The maximum absolute atomic E-state index is 2.49. The lowest BCUT2D eigenvalue weighted by Gasteiger charge is -2.28. The van der Waals surface area contributed by atoms with E-state index in [0.29, 0.717) is 0 Å². The van der Waals surface area contributed by atoms with Crippen LogP contribution in [0.2, 0.25) is 0 Å². The summed E-state index contributed by atoms with van der Waals surface area (Å²) in [5, 5.41) is 0.